The molecule has 1 amide bonds. The second kappa shape index (κ2) is 8.88. The zero-order valence-electron chi connectivity index (χ0n) is 15.4. The van der Waals surface area contributed by atoms with Gasteiger partial charge in [0.1, 0.15) is 6.61 Å². The van der Waals surface area contributed by atoms with E-state index in [0.717, 1.165) is 37.7 Å². The van der Waals surface area contributed by atoms with E-state index in [1.807, 2.05) is 30.3 Å². The molecule has 0 saturated heterocycles. The van der Waals surface area contributed by atoms with Crippen LogP contribution in [0.2, 0.25) is 0 Å². The number of alkyl carbamates (subject to hydrolysis) is 1. The van der Waals surface area contributed by atoms with Gasteiger partial charge in [-0.2, -0.15) is 0 Å². The average Bonchev–Trinajstić information content (AvgIpc) is 3.36. The molecule has 138 valence electrons. The predicted octanol–water partition coefficient (Wildman–Crippen LogP) is 4.06. The standard InChI is InChI=1S/C20H29NO4/c1-15(2)13-17(18(22)24-3)9-10-20(11-12-20)21-19(23)25-14-16-7-5-4-6-8-16/h4-8,15,17H,9-14H2,1-3H3,(H,21,23)/t17-/m1/s1. The molecule has 1 aliphatic carbocycles. The number of carbonyl (C=O) groups excluding carboxylic acids is 2. The van der Waals surface area contributed by atoms with E-state index in [1.54, 1.807) is 0 Å². The van der Waals surface area contributed by atoms with Gasteiger partial charge in [0.25, 0.3) is 0 Å². The van der Waals surface area contributed by atoms with Crippen LogP contribution in [-0.4, -0.2) is 24.7 Å². The van der Waals surface area contributed by atoms with Gasteiger partial charge < -0.3 is 14.8 Å². The maximum absolute atomic E-state index is 12.1. The van der Waals surface area contributed by atoms with E-state index in [2.05, 4.69) is 19.2 Å². The number of esters is 1. The normalized spacial score (nSPS) is 16.2. The Bertz CT molecular complexity index is 566. The Labute approximate surface area is 150 Å². The van der Waals surface area contributed by atoms with Crippen LogP contribution in [0.1, 0.15) is 51.5 Å². The molecule has 0 aromatic heterocycles. The summed E-state index contributed by atoms with van der Waals surface area (Å²) in [5.41, 5.74) is 0.752. The van der Waals surface area contributed by atoms with E-state index in [0.29, 0.717) is 5.92 Å². The summed E-state index contributed by atoms with van der Waals surface area (Å²) in [5, 5.41) is 2.99. The van der Waals surface area contributed by atoms with Crippen molar-refractivity contribution in [2.24, 2.45) is 11.8 Å². The number of ether oxygens (including phenoxy) is 2. The van der Waals surface area contributed by atoms with Crippen molar-refractivity contribution < 1.29 is 19.1 Å². The molecule has 2 rings (SSSR count). The first kappa shape index (κ1) is 19.3. The van der Waals surface area contributed by atoms with Gasteiger partial charge in [0.15, 0.2) is 0 Å². The van der Waals surface area contributed by atoms with E-state index in [-0.39, 0.29) is 30.1 Å². The molecule has 0 radical (unpaired) electrons. The highest BCUT2D eigenvalue weighted by molar-refractivity contribution is 5.72. The molecule has 1 saturated carbocycles. The summed E-state index contributed by atoms with van der Waals surface area (Å²) in [6, 6.07) is 9.61. The van der Waals surface area contributed by atoms with Crippen LogP contribution in [-0.2, 0) is 20.9 Å². The second-order valence-electron chi connectivity index (χ2n) is 7.36. The molecule has 0 spiro atoms. The van der Waals surface area contributed by atoms with Crippen LogP contribution in [0.25, 0.3) is 0 Å². The van der Waals surface area contributed by atoms with E-state index in [1.165, 1.54) is 7.11 Å². The number of carbonyl (C=O) groups is 2. The van der Waals surface area contributed by atoms with E-state index < -0.39 is 0 Å². The maximum atomic E-state index is 12.1. The minimum atomic E-state index is -0.389. The van der Waals surface area contributed by atoms with Crippen molar-refractivity contribution in [1.82, 2.24) is 5.32 Å². The monoisotopic (exact) mass is 347 g/mol. The highest BCUT2D eigenvalue weighted by Gasteiger charge is 2.44. The molecule has 1 aliphatic rings. The second-order valence-corrected chi connectivity index (χ2v) is 7.36. The van der Waals surface area contributed by atoms with Crippen LogP contribution in [0.15, 0.2) is 30.3 Å². The number of hydrogen-bond acceptors (Lipinski definition) is 4. The van der Waals surface area contributed by atoms with Gasteiger partial charge in [-0.25, -0.2) is 4.79 Å². The van der Waals surface area contributed by atoms with Crippen molar-refractivity contribution in [3.63, 3.8) is 0 Å². The van der Waals surface area contributed by atoms with Crippen LogP contribution < -0.4 is 5.32 Å². The van der Waals surface area contributed by atoms with Crippen molar-refractivity contribution in [2.75, 3.05) is 7.11 Å². The first-order chi connectivity index (χ1) is 11.9. The lowest BCUT2D eigenvalue weighted by Crippen LogP contribution is -2.38. The minimum absolute atomic E-state index is 0.107. The van der Waals surface area contributed by atoms with Crippen molar-refractivity contribution in [1.29, 1.82) is 0 Å². The molecule has 0 aliphatic heterocycles. The van der Waals surface area contributed by atoms with Crippen LogP contribution in [0.5, 0.6) is 0 Å². The topological polar surface area (TPSA) is 64.6 Å². The third-order valence-corrected chi connectivity index (χ3v) is 4.70. The number of rotatable bonds is 9. The quantitative estimate of drug-likeness (QED) is 0.684. The van der Waals surface area contributed by atoms with Gasteiger partial charge in [-0.1, -0.05) is 44.2 Å². The third kappa shape index (κ3) is 6.40. The molecular weight excluding hydrogens is 318 g/mol. The van der Waals surface area contributed by atoms with Gasteiger partial charge in [-0.15, -0.1) is 0 Å². The summed E-state index contributed by atoms with van der Waals surface area (Å²) in [5.74, 6) is 0.170. The molecule has 5 heteroatoms. The van der Waals surface area contributed by atoms with Gasteiger partial charge in [-0.3, -0.25) is 4.79 Å². The highest BCUT2D eigenvalue weighted by atomic mass is 16.5. The van der Waals surface area contributed by atoms with Gasteiger partial charge in [-0.05, 0) is 43.6 Å². The Balaban J connectivity index is 1.78. The average molecular weight is 347 g/mol. The third-order valence-electron chi connectivity index (χ3n) is 4.70. The molecule has 1 aromatic carbocycles. The largest absolute Gasteiger partial charge is 0.469 e. The Morgan fingerprint density at radius 3 is 2.44 bits per heavy atom. The summed E-state index contributed by atoms with van der Waals surface area (Å²) in [6.07, 6.45) is 3.79. The Morgan fingerprint density at radius 1 is 1.20 bits per heavy atom. The van der Waals surface area contributed by atoms with Crippen molar-refractivity contribution >= 4 is 12.1 Å². The predicted molar refractivity (Wildman–Crippen MR) is 95.9 cm³/mol. The van der Waals surface area contributed by atoms with Gasteiger partial charge in [0.05, 0.1) is 13.0 Å². The molecule has 5 nitrogen and oxygen atoms in total. The van der Waals surface area contributed by atoms with Crippen LogP contribution >= 0.6 is 0 Å². The molecular formula is C20H29NO4. The summed E-state index contributed by atoms with van der Waals surface area (Å²) in [6.45, 7) is 4.46. The van der Waals surface area contributed by atoms with Crippen LogP contribution in [0.4, 0.5) is 4.79 Å². The van der Waals surface area contributed by atoms with Crippen molar-refractivity contribution in [2.45, 2.75) is 58.1 Å². The number of amides is 1. The lowest BCUT2D eigenvalue weighted by molar-refractivity contribution is -0.146. The fourth-order valence-corrected chi connectivity index (χ4v) is 3.08. The number of benzene rings is 1. The smallest absolute Gasteiger partial charge is 0.407 e. The Hall–Kier alpha value is -2.04. The summed E-state index contributed by atoms with van der Waals surface area (Å²) < 4.78 is 10.2. The van der Waals surface area contributed by atoms with E-state index >= 15 is 0 Å². The molecule has 25 heavy (non-hydrogen) atoms. The fraction of sp³-hybridized carbons (Fsp3) is 0.600. The first-order valence-corrected chi connectivity index (χ1v) is 9.01. The number of methoxy groups -OCH3 is 1. The summed E-state index contributed by atoms with van der Waals surface area (Å²) in [7, 11) is 1.43. The SMILES string of the molecule is COC(=O)[C@H](CCC1(NC(=O)OCc2ccccc2)CC1)CC(C)C. The van der Waals surface area contributed by atoms with E-state index in [4.69, 9.17) is 9.47 Å². The molecule has 0 bridgehead atoms. The van der Waals surface area contributed by atoms with Gasteiger partial charge in [0, 0.05) is 5.54 Å². The minimum Gasteiger partial charge on any atom is -0.469 e. The Kier molecular flexibility index (Phi) is 6.85. The van der Waals surface area contributed by atoms with Gasteiger partial charge in [0.2, 0.25) is 0 Å². The molecule has 1 aromatic rings. The number of nitrogens with one attached hydrogen (secondary N) is 1. The van der Waals surface area contributed by atoms with Gasteiger partial charge >= 0.3 is 12.1 Å². The lowest BCUT2D eigenvalue weighted by Gasteiger charge is -2.21. The zero-order chi connectivity index (χ0) is 18.3. The van der Waals surface area contributed by atoms with E-state index in [9.17, 15) is 9.59 Å². The molecule has 0 unspecified atom stereocenters. The zero-order valence-corrected chi connectivity index (χ0v) is 15.4. The molecule has 0 heterocycles. The molecule has 1 atom stereocenters. The maximum Gasteiger partial charge on any atom is 0.407 e. The molecule has 1 fully saturated rings. The first-order valence-electron chi connectivity index (χ1n) is 9.01. The van der Waals surface area contributed by atoms with Crippen molar-refractivity contribution in [3.05, 3.63) is 35.9 Å². The summed E-state index contributed by atoms with van der Waals surface area (Å²) >= 11 is 0. The highest BCUT2D eigenvalue weighted by Crippen LogP contribution is 2.41. The Morgan fingerprint density at radius 2 is 1.88 bits per heavy atom. The van der Waals surface area contributed by atoms with Crippen LogP contribution in [0, 0.1) is 11.8 Å². The van der Waals surface area contributed by atoms with Crippen molar-refractivity contribution in [3.8, 4) is 0 Å². The molecule has 1 N–H and O–H groups in total. The number of hydrogen-bond donors (Lipinski definition) is 1. The fourth-order valence-electron chi connectivity index (χ4n) is 3.08. The summed E-state index contributed by atoms with van der Waals surface area (Å²) in [4.78, 5) is 24.0. The van der Waals surface area contributed by atoms with Crippen LogP contribution in [0.3, 0.4) is 0 Å². The lowest BCUT2D eigenvalue weighted by atomic mass is 9.91.